The Hall–Kier alpha value is -3.21. The van der Waals surface area contributed by atoms with Crippen LogP contribution in [0.3, 0.4) is 0 Å². The van der Waals surface area contributed by atoms with Crippen molar-refractivity contribution < 1.29 is 4.79 Å². The van der Waals surface area contributed by atoms with E-state index in [-0.39, 0.29) is 11.5 Å². The van der Waals surface area contributed by atoms with E-state index in [9.17, 15) is 14.4 Å². The number of aromatic nitrogens is 4. The van der Waals surface area contributed by atoms with E-state index in [0.717, 1.165) is 35.6 Å². The maximum atomic E-state index is 13.0. The highest BCUT2D eigenvalue weighted by atomic mass is 32.1. The number of nitrogens with zero attached hydrogens (tertiary/aromatic N) is 5. The summed E-state index contributed by atoms with van der Waals surface area (Å²) in [6.45, 7) is 0.978. The molecule has 1 aliphatic heterocycles. The number of carbonyl (C=O) groups is 1. The zero-order valence-corrected chi connectivity index (χ0v) is 16.7. The summed E-state index contributed by atoms with van der Waals surface area (Å²) in [5, 5.41) is 2.72. The monoisotopic (exact) mass is 415 g/mol. The van der Waals surface area contributed by atoms with Crippen molar-refractivity contribution in [3.8, 4) is 0 Å². The molecule has 11 heteroatoms. The van der Waals surface area contributed by atoms with Gasteiger partial charge in [-0.1, -0.05) is 6.07 Å². The molecule has 3 N–H and O–H groups in total. The van der Waals surface area contributed by atoms with Crippen LogP contribution in [0.1, 0.15) is 19.3 Å². The van der Waals surface area contributed by atoms with Gasteiger partial charge < -0.3 is 16.0 Å². The fourth-order valence-electron chi connectivity index (χ4n) is 3.56. The summed E-state index contributed by atoms with van der Waals surface area (Å²) >= 11 is 1.05. The number of rotatable bonds is 4. The van der Waals surface area contributed by atoms with Crippen molar-refractivity contribution in [3.05, 3.63) is 39.0 Å². The second-order valence-electron chi connectivity index (χ2n) is 7.00. The molecule has 0 spiro atoms. The predicted octanol–water partition coefficient (Wildman–Crippen LogP) is 0.763. The quantitative estimate of drug-likeness (QED) is 0.644. The van der Waals surface area contributed by atoms with Gasteiger partial charge in [0.2, 0.25) is 5.91 Å². The largest absolute Gasteiger partial charge is 0.383 e. The van der Waals surface area contributed by atoms with Crippen LogP contribution in [-0.2, 0) is 18.4 Å². The topological polar surface area (TPSA) is 128 Å². The normalized spacial score (nSPS) is 14.3. The molecule has 0 saturated carbocycles. The summed E-state index contributed by atoms with van der Waals surface area (Å²) in [6, 6.07) is 5.24. The summed E-state index contributed by atoms with van der Waals surface area (Å²) in [5.74, 6) is -0.379. The Morgan fingerprint density at radius 1 is 1.21 bits per heavy atom. The maximum absolute atomic E-state index is 13.0. The van der Waals surface area contributed by atoms with Crippen LogP contribution in [0, 0.1) is 0 Å². The summed E-state index contributed by atoms with van der Waals surface area (Å²) in [4.78, 5) is 40.2. The number of nitrogens with one attached hydrogen (secondary N) is 1. The van der Waals surface area contributed by atoms with Gasteiger partial charge in [-0.3, -0.25) is 14.2 Å². The van der Waals surface area contributed by atoms with Gasteiger partial charge >= 0.3 is 5.69 Å². The molecule has 10 nitrogen and oxygen atoms in total. The summed E-state index contributed by atoms with van der Waals surface area (Å²) in [6.07, 6.45) is 3.00. The van der Waals surface area contributed by atoms with E-state index in [2.05, 4.69) is 14.1 Å². The molecule has 1 amide bonds. The second-order valence-corrected chi connectivity index (χ2v) is 7.53. The first kappa shape index (κ1) is 19.1. The van der Waals surface area contributed by atoms with Crippen molar-refractivity contribution in [2.75, 3.05) is 29.0 Å². The molecule has 0 unspecified atom stereocenters. The van der Waals surface area contributed by atoms with Gasteiger partial charge in [-0.2, -0.15) is 8.75 Å². The summed E-state index contributed by atoms with van der Waals surface area (Å²) in [5.41, 5.74) is 6.91. The molecule has 29 heavy (non-hydrogen) atoms. The van der Waals surface area contributed by atoms with Crippen LogP contribution in [0.4, 0.5) is 17.2 Å². The number of hydrogen-bond donors (Lipinski definition) is 2. The van der Waals surface area contributed by atoms with Crippen molar-refractivity contribution in [2.45, 2.75) is 25.8 Å². The lowest BCUT2D eigenvalue weighted by Gasteiger charge is -2.29. The average Bonchev–Trinajstić information content (AvgIpc) is 3.21. The highest BCUT2D eigenvalue weighted by Crippen LogP contribution is 2.22. The molecule has 0 atom stereocenters. The molecular weight excluding hydrogens is 394 g/mol. The van der Waals surface area contributed by atoms with Crippen molar-refractivity contribution in [1.29, 1.82) is 0 Å². The number of fused-ring (bicyclic) bond motifs is 1. The Bertz CT molecular complexity index is 1190. The lowest BCUT2D eigenvalue weighted by atomic mass is 10.1. The lowest BCUT2D eigenvalue weighted by molar-refractivity contribution is -0.116. The Labute approximate surface area is 169 Å². The minimum absolute atomic E-state index is 0.122. The SMILES string of the molecule is Cn1c(N)c(N2CCCCC2)c(=O)n(CC(=O)Nc2cccc3nsnc23)c1=O. The molecule has 3 heterocycles. The Kier molecular flexibility index (Phi) is 5.05. The fraction of sp³-hybridized carbons (Fsp3) is 0.389. The van der Waals surface area contributed by atoms with E-state index in [1.54, 1.807) is 18.2 Å². The molecule has 1 aliphatic rings. The van der Waals surface area contributed by atoms with Crippen LogP contribution in [0.15, 0.2) is 27.8 Å². The minimum Gasteiger partial charge on any atom is -0.383 e. The molecule has 1 saturated heterocycles. The van der Waals surface area contributed by atoms with Gasteiger partial charge in [0, 0.05) is 20.1 Å². The highest BCUT2D eigenvalue weighted by molar-refractivity contribution is 7.00. The third-order valence-electron chi connectivity index (χ3n) is 5.10. The number of anilines is 3. The third-order valence-corrected chi connectivity index (χ3v) is 5.65. The highest BCUT2D eigenvalue weighted by Gasteiger charge is 2.23. The second kappa shape index (κ2) is 7.66. The lowest BCUT2D eigenvalue weighted by Crippen LogP contribution is -2.46. The minimum atomic E-state index is -0.628. The average molecular weight is 415 g/mol. The maximum Gasteiger partial charge on any atom is 0.332 e. The molecular formula is C18H21N7O3S. The van der Waals surface area contributed by atoms with E-state index in [0.29, 0.717) is 29.8 Å². The molecule has 1 aromatic carbocycles. The molecule has 152 valence electrons. The van der Waals surface area contributed by atoms with E-state index in [4.69, 9.17) is 5.73 Å². The van der Waals surface area contributed by atoms with Gasteiger partial charge in [0.15, 0.2) is 0 Å². The molecule has 0 bridgehead atoms. The van der Waals surface area contributed by atoms with Crippen molar-refractivity contribution in [1.82, 2.24) is 17.9 Å². The molecule has 0 aliphatic carbocycles. The molecule has 0 radical (unpaired) electrons. The molecule has 1 fully saturated rings. The number of piperidine rings is 1. The van der Waals surface area contributed by atoms with Crippen LogP contribution in [0.2, 0.25) is 0 Å². The summed E-state index contributed by atoms with van der Waals surface area (Å²) < 4.78 is 10.4. The first-order chi connectivity index (χ1) is 14.0. The number of benzene rings is 1. The Balaban J connectivity index is 1.67. The standard InChI is InChI=1S/C18H21N7O3S/c1-23-16(19)15(24-8-3-2-4-9-24)17(27)25(18(23)28)10-13(26)20-11-6-5-7-12-14(11)22-29-21-12/h5-7H,2-4,8-10,19H2,1H3,(H,20,26). The van der Waals surface area contributed by atoms with Gasteiger partial charge in [0.05, 0.1) is 17.4 Å². The first-order valence-electron chi connectivity index (χ1n) is 9.32. The Morgan fingerprint density at radius 2 is 1.97 bits per heavy atom. The van der Waals surface area contributed by atoms with E-state index < -0.39 is 23.7 Å². The molecule has 2 aromatic heterocycles. The predicted molar refractivity (Wildman–Crippen MR) is 112 cm³/mol. The number of nitrogens with two attached hydrogens (primary N) is 1. The van der Waals surface area contributed by atoms with Crippen LogP contribution in [-0.4, -0.2) is 36.9 Å². The van der Waals surface area contributed by atoms with Crippen LogP contribution >= 0.6 is 11.7 Å². The van der Waals surface area contributed by atoms with E-state index >= 15 is 0 Å². The zero-order valence-electron chi connectivity index (χ0n) is 15.9. The van der Waals surface area contributed by atoms with Gasteiger partial charge in [-0.15, -0.1) is 0 Å². The van der Waals surface area contributed by atoms with Gasteiger partial charge in [0.1, 0.15) is 29.1 Å². The smallest absolute Gasteiger partial charge is 0.332 e. The van der Waals surface area contributed by atoms with E-state index in [1.807, 2.05) is 4.90 Å². The van der Waals surface area contributed by atoms with Crippen LogP contribution in [0.5, 0.6) is 0 Å². The van der Waals surface area contributed by atoms with Gasteiger partial charge in [-0.25, -0.2) is 9.36 Å². The number of hydrogen-bond acceptors (Lipinski definition) is 8. The van der Waals surface area contributed by atoms with Crippen molar-refractivity contribution >= 4 is 45.9 Å². The van der Waals surface area contributed by atoms with Gasteiger partial charge in [-0.05, 0) is 31.4 Å². The molecule has 4 rings (SSSR count). The summed E-state index contributed by atoms with van der Waals surface area (Å²) in [7, 11) is 1.50. The van der Waals surface area contributed by atoms with Crippen LogP contribution < -0.4 is 27.2 Å². The van der Waals surface area contributed by atoms with E-state index in [1.165, 1.54) is 11.6 Å². The number of amides is 1. The number of nitrogen functional groups attached to an aromatic ring is 1. The van der Waals surface area contributed by atoms with Crippen molar-refractivity contribution in [3.63, 3.8) is 0 Å². The third kappa shape index (κ3) is 3.48. The molecule has 3 aromatic rings. The number of carbonyl (C=O) groups excluding carboxylic acids is 1. The van der Waals surface area contributed by atoms with Crippen molar-refractivity contribution in [2.24, 2.45) is 7.05 Å². The Morgan fingerprint density at radius 3 is 2.72 bits per heavy atom. The van der Waals surface area contributed by atoms with Crippen LogP contribution in [0.25, 0.3) is 11.0 Å². The fourth-order valence-corrected chi connectivity index (χ4v) is 4.11. The van der Waals surface area contributed by atoms with Gasteiger partial charge in [0.25, 0.3) is 5.56 Å². The first-order valence-corrected chi connectivity index (χ1v) is 10.1. The zero-order chi connectivity index (χ0) is 20.5.